The van der Waals surface area contributed by atoms with Crippen molar-refractivity contribution in [1.29, 1.82) is 0 Å². The first-order valence-electron chi connectivity index (χ1n) is 5.98. The zero-order valence-corrected chi connectivity index (χ0v) is 10.5. The normalized spacial score (nSPS) is 23.0. The van der Waals surface area contributed by atoms with Gasteiger partial charge in [0.25, 0.3) is 0 Å². The average molecular weight is 216 g/mol. The van der Waals surface area contributed by atoms with E-state index >= 15 is 0 Å². The molecule has 0 saturated carbocycles. The molecular weight excluding hydrogens is 196 g/mol. The van der Waals surface area contributed by atoms with Gasteiger partial charge in [-0.1, -0.05) is 30.7 Å². The Morgan fingerprint density at radius 2 is 2.06 bits per heavy atom. The molecule has 1 aliphatic carbocycles. The van der Waals surface area contributed by atoms with Gasteiger partial charge in [0.15, 0.2) is 0 Å². The number of aryl methyl sites for hydroxylation is 1. The van der Waals surface area contributed by atoms with Gasteiger partial charge in [-0.2, -0.15) is 0 Å². The van der Waals surface area contributed by atoms with E-state index < -0.39 is 0 Å². The van der Waals surface area contributed by atoms with Crippen molar-refractivity contribution in [3.8, 4) is 5.75 Å². The highest BCUT2D eigenvalue weighted by Gasteiger charge is 2.29. The van der Waals surface area contributed by atoms with Crippen molar-refractivity contribution in [2.75, 3.05) is 0 Å². The van der Waals surface area contributed by atoms with Crippen molar-refractivity contribution in [3.63, 3.8) is 0 Å². The van der Waals surface area contributed by atoms with E-state index in [2.05, 4.69) is 32.9 Å². The molecule has 1 aliphatic rings. The molecule has 0 bridgehead atoms. The number of benzene rings is 1. The maximum atomic E-state index is 10.2. The lowest BCUT2D eigenvalue weighted by Gasteiger charge is -2.11. The summed E-state index contributed by atoms with van der Waals surface area (Å²) in [6.45, 7) is 8.45. The largest absolute Gasteiger partial charge is 0.507 e. The van der Waals surface area contributed by atoms with Crippen LogP contribution in [-0.2, 0) is 0 Å². The van der Waals surface area contributed by atoms with Crippen LogP contribution in [0.4, 0.5) is 0 Å². The van der Waals surface area contributed by atoms with Crippen LogP contribution in [0.5, 0.6) is 5.75 Å². The number of phenolic OH excluding ortho intramolecular Hbond substituents is 1. The Bertz CT molecular complexity index is 439. The monoisotopic (exact) mass is 216 g/mol. The summed E-state index contributed by atoms with van der Waals surface area (Å²) in [5.74, 6) is 1.46. The van der Waals surface area contributed by atoms with Crippen LogP contribution < -0.4 is 0 Å². The lowest BCUT2D eigenvalue weighted by Crippen LogP contribution is -1.92. The summed E-state index contributed by atoms with van der Waals surface area (Å²) < 4.78 is 0. The number of phenols is 1. The van der Waals surface area contributed by atoms with Gasteiger partial charge in [-0.3, -0.25) is 0 Å². The van der Waals surface area contributed by atoms with Crippen LogP contribution >= 0.6 is 0 Å². The summed E-state index contributed by atoms with van der Waals surface area (Å²) in [5, 5.41) is 10.2. The number of aromatic hydroxyl groups is 1. The highest BCUT2D eigenvalue weighted by Crippen LogP contribution is 2.47. The van der Waals surface area contributed by atoms with Crippen LogP contribution in [0.15, 0.2) is 23.8 Å². The summed E-state index contributed by atoms with van der Waals surface area (Å²) in [7, 11) is 0. The number of rotatable bonds is 1. The molecule has 0 fully saturated rings. The van der Waals surface area contributed by atoms with E-state index in [-0.39, 0.29) is 0 Å². The number of fused-ring (bicyclic) bond motifs is 1. The van der Waals surface area contributed by atoms with Gasteiger partial charge in [0.1, 0.15) is 5.75 Å². The quantitative estimate of drug-likeness (QED) is 0.695. The molecule has 0 aromatic heterocycles. The molecule has 0 amide bonds. The second-order valence-corrected chi connectivity index (χ2v) is 5.22. The molecule has 1 aromatic carbocycles. The minimum Gasteiger partial charge on any atom is -0.507 e. The zero-order valence-electron chi connectivity index (χ0n) is 10.5. The van der Waals surface area contributed by atoms with Gasteiger partial charge < -0.3 is 5.11 Å². The first kappa shape index (κ1) is 11.3. The second-order valence-electron chi connectivity index (χ2n) is 5.22. The summed E-state index contributed by atoms with van der Waals surface area (Å²) in [4.78, 5) is 0. The fraction of sp³-hybridized carbons (Fsp3) is 0.467. The van der Waals surface area contributed by atoms with E-state index in [9.17, 15) is 5.11 Å². The Kier molecular flexibility index (Phi) is 2.79. The Balaban J connectivity index is 2.55. The molecule has 1 aromatic rings. The molecule has 0 aliphatic heterocycles. The van der Waals surface area contributed by atoms with Crippen molar-refractivity contribution in [3.05, 3.63) is 40.5 Å². The van der Waals surface area contributed by atoms with E-state index in [4.69, 9.17) is 0 Å². The van der Waals surface area contributed by atoms with Gasteiger partial charge in [-0.25, -0.2) is 0 Å². The maximum absolute atomic E-state index is 10.2. The standard InChI is InChI=1S/C15H20O/c1-9(2)7-12-8-11(4)13-6-5-10(3)15(16)14(12)13/h5-7,11-12,16H,8H2,1-4H3/t11-,12+/m1/s1. The van der Waals surface area contributed by atoms with Crippen LogP contribution in [-0.4, -0.2) is 5.11 Å². The Morgan fingerprint density at radius 3 is 2.69 bits per heavy atom. The lowest BCUT2D eigenvalue weighted by atomic mass is 9.96. The molecule has 16 heavy (non-hydrogen) atoms. The minimum atomic E-state index is 0.398. The third-order valence-corrected chi connectivity index (χ3v) is 3.50. The molecule has 0 heterocycles. The Hall–Kier alpha value is -1.24. The van der Waals surface area contributed by atoms with Crippen LogP contribution in [0.2, 0.25) is 0 Å². The smallest absolute Gasteiger partial charge is 0.122 e. The molecule has 0 saturated heterocycles. The number of allylic oxidation sites excluding steroid dienone is 2. The molecule has 1 heteroatoms. The van der Waals surface area contributed by atoms with E-state index in [0.29, 0.717) is 17.6 Å². The lowest BCUT2D eigenvalue weighted by molar-refractivity contribution is 0.462. The van der Waals surface area contributed by atoms with E-state index in [1.54, 1.807) is 0 Å². The third-order valence-electron chi connectivity index (χ3n) is 3.50. The molecule has 2 atom stereocenters. The van der Waals surface area contributed by atoms with Crippen molar-refractivity contribution in [2.24, 2.45) is 0 Å². The van der Waals surface area contributed by atoms with Crippen molar-refractivity contribution in [2.45, 2.75) is 46.0 Å². The maximum Gasteiger partial charge on any atom is 0.122 e. The molecule has 0 radical (unpaired) electrons. The molecule has 0 spiro atoms. The van der Waals surface area contributed by atoms with Gasteiger partial charge in [-0.15, -0.1) is 0 Å². The van der Waals surface area contributed by atoms with E-state index in [1.807, 2.05) is 13.0 Å². The predicted molar refractivity (Wildman–Crippen MR) is 68.0 cm³/mol. The molecule has 1 N–H and O–H groups in total. The summed E-state index contributed by atoms with van der Waals surface area (Å²) in [5.41, 5.74) is 4.80. The van der Waals surface area contributed by atoms with Crippen molar-refractivity contribution < 1.29 is 5.11 Å². The van der Waals surface area contributed by atoms with Gasteiger partial charge in [0.2, 0.25) is 0 Å². The first-order valence-corrected chi connectivity index (χ1v) is 5.98. The molecule has 0 unspecified atom stereocenters. The summed E-state index contributed by atoms with van der Waals surface area (Å²) >= 11 is 0. The van der Waals surface area contributed by atoms with E-state index in [0.717, 1.165) is 17.5 Å². The Morgan fingerprint density at radius 1 is 1.38 bits per heavy atom. The first-order chi connectivity index (χ1) is 7.50. The highest BCUT2D eigenvalue weighted by atomic mass is 16.3. The van der Waals surface area contributed by atoms with Crippen LogP contribution in [0, 0.1) is 6.92 Å². The van der Waals surface area contributed by atoms with Crippen molar-refractivity contribution in [1.82, 2.24) is 0 Å². The molecule has 1 nitrogen and oxygen atoms in total. The van der Waals surface area contributed by atoms with Crippen LogP contribution in [0.25, 0.3) is 0 Å². The molecule has 2 rings (SSSR count). The van der Waals surface area contributed by atoms with Crippen LogP contribution in [0.3, 0.4) is 0 Å². The molecular formula is C15H20O. The van der Waals surface area contributed by atoms with E-state index in [1.165, 1.54) is 11.1 Å². The Labute approximate surface area is 97.8 Å². The fourth-order valence-electron chi connectivity index (χ4n) is 2.73. The number of hydrogen-bond donors (Lipinski definition) is 1. The van der Waals surface area contributed by atoms with Gasteiger partial charge in [-0.05, 0) is 44.2 Å². The van der Waals surface area contributed by atoms with Crippen LogP contribution in [0.1, 0.15) is 55.7 Å². The number of hydrogen-bond acceptors (Lipinski definition) is 1. The topological polar surface area (TPSA) is 20.2 Å². The summed E-state index contributed by atoms with van der Waals surface area (Å²) in [6, 6.07) is 4.20. The fourth-order valence-corrected chi connectivity index (χ4v) is 2.73. The SMILES string of the molecule is CC(C)=C[C@H]1C[C@@H](C)c2ccc(C)c(O)c21. The highest BCUT2D eigenvalue weighted by molar-refractivity contribution is 5.52. The third kappa shape index (κ3) is 1.75. The molecule has 86 valence electrons. The average Bonchev–Trinajstić information content (AvgIpc) is 2.49. The minimum absolute atomic E-state index is 0.398. The van der Waals surface area contributed by atoms with Gasteiger partial charge in [0.05, 0.1) is 0 Å². The van der Waals surface area contributed by atoms with Crippen molar-refractivity contribution >= 4 is 0 Å². The predicted octanol–water partition coefficient (Wildman–Crippen LogP) is 4.26. The second kappa shape index (κ2) is 3.97. The summed E-state index contributed by atoms with van der Waals surface area (Å²) in [6.07, 6.45) is 3.40. The zero-order chi connectivity index (χ0) is 11.9. The van der Waals surface area contributed by atoms with Gasteiger partial charge in [0, 0.05) is 11.5 Å². The van der Waals surface area contributed by atoms with Gasteiger partial charge >= 0.3 is 0 Å².